The maximum absolute atomic E-state index is 12.5. The smallest absolute Gasteiger partial charge is 0.348 e. The third-order valence-electron chi connectivity index (χ3n) is 5.05. The highest BCUT2D eigenvalue weighted by Gasteiger charge is 2.21. The number of aromatic amines is 1. The van der Waals surface area contributed by atoms with Crippen LogP contribution in [0.25, 0.3) is 10.9 Å². The van der Waals surface area contributed by atoms with Crippen LogP contribution in [0.4, 0.5) is 0 Å². The van der Waals surface area contributed by atoms with Crippen LogP contribution in [0, 0.1) is 5.92 Å². The van der Waals surface area contributed by atoms with E-state index in [0.29, 0.717) is 27.3 Å². The van der Waals surface area contributed by atoms with Crippen molar-refractivity contribution in [3.8, 4) is 0 Å². The number of aromatic nitrogens is 2. The summed E-state index contributed by atoms with van der Waals surface area (Å²) in [7, 11) is 1.28. The Labute approximate surface area is 170 Å². The minimum atomic E-state index is -0.516. The first-order valence-corrected chi connectivity index (χ1v) is 10.2. The number of nitrogens with zero attached hydrogens (tertiary/aromatic N) is 1. The summed E-state index contributed by atoms with van der Waals surface area (Å²) in [6, 6.07) is 6.41. The molecule has 0 bridgehead atoms. The number of fused-ring (bicyclic) bond motifs is 2. The fourth-order valence-electron chi connectivity index (χ4n) is 3.51. The number of ether oxygens (including phenoxy) is 2. The Bertz CT molecular complexity index is 1160. The molecule has 0 unspecified atom stereocenters. The van der Waals surface area contributed by atoms with Crippen LogP contribution in [-0.4, -0.2) is 29.0 Å². The Hall–Kier alpha value is -3.00. The van der Waals surface area contributed by atoms with Gasteiger partial charge in [-0.3, -0.25) is 4.79 Å². The third-order valence-corrected chi connectivity index (χ3v) is 6.26. The van der Waals surface area contributed by atoms with Gasteiger partial charge < -0.3 is 14.5 Å². The second kappa shape index (κ2) is 7.79. The lowest BCUT2D eigenvalue weighted by molar-refractivity contribution is 0.0467. The predicted molar refractivity (Wildman–Crippen MR) is 108 cm³/mol. The van der Waals surface area contributed by atoms with Crippen LogP contribution in [0.3, 0.4) is 0 Å². The third kappa shape index (κ3) is 3.93. The Kier molecular flexibility index (Phi) is 5.19. The number of esters is 2. The monoisotopic (exact) mass is 412 g/mol. The first-order chi connectivity index (χ1) is 13.9. The van der Waals surface area contributed by atoms with Crippen LogP contribution in [0.1, 0.15) is 49.6 Å². The van der Waals surface area contributed by atoms with Gasteiger partial charge in [0.15, 0.2) is 0 Å². The number of H-pyrrole nitrogens is 1. The normalized spacial score (nSPS) is 15.7. The van der Waals surface area contributed by atoms with E-state index in [9.17, 15) is 14.4 Å². The minimum Gasteiger partial charge on any atom is -0.465 e. The molecule has 2 heterocycles. The molecule has 0 radical (unpaired) electrons. The molecule has 1 atom stereocenters. The van der Waals surface area contributed by atoms with Crippen LogP contribution in [0.5, 0.6) is 0 Å². The fourth-order valence-corrected chi connectivity index (χ4v) is 4.61. The number of nitrogens with one attached hydrogen (secondary N) is 1. The van der Waals surface area contributed by atoms with Crippen molar-refractivity contribution in [2.45, 2.75) is 32.8 Å². The van der Waals surface area contributed by atoms with E-state index in [-0.39, 0.29) is 18.0 Å². The van der Waals surface area contributed by atoms with Gasteiger partial charge in [0.2, 0.25) is 0 Å². The zero-order chi connectivity index (χ0) is 20.5. The quantitative estimate of drug-likeness (QED) is 0.661. The number of methoxy groups -OCH3 is 1. The molecule has 0 amide bonds. The molecule has 0 aliphatic heterocycles. The van der Waals surface area contributed by atoms with Gasteiger partial charge in [0, 0.05) is 4.88 Å². The molecule has 8 heteroatoms. The Morgan fingerprint density at radius 1 is 1.28 bits per heavy atom. The Morgan fingerprint density at radius 3 is 2.90 bits per heavy atom. The maximum atomic E-state index is 12.5. The van der Waals surface area contributed by atoms with Crippen molar-refractivity contribution in [1.29, 1.82) is 0 Å². The predicted octanol–water partition coefficient (Wildman–Crippen LogP) is 3.25. The second-order valence-corrected chi connectivity index (χ2v) is 8.36. The summed E-state index contributed by atoms with van der Waals surface area (Å²) in [4.78, 5) is 45.2. The lowest BCUT2D eigenvalue weighted by Crippen LogP contribution is -2.15. The number of benzene rings is 1. The molecule has 3 aromatic rings. The summed E-state index contributed by atoms with van der Waals surface area (Å²) < 4.78 is 10.1. The molecule has 1 aliphatic rings. The van der Waals surface area contributed by atoms with Crippen molar-refractivity contribution < 1.29 is 19.1 Å². The molecule has 150 valence electrons. The van der Waals surface area contributed by atoms with Gasteiger partial charge in [-0.2, -0.15) is 0 Å². The van der Waals surface area contributed by atoms with E-state index in [4.69, 9.17) is 9.47 Å². The molecule has 0 saturated carbocycles. The molecule has 0 spiro atoms. The van der Waals surface area contributed by atoms with E-state index in [1.165, 1.54) is 47.1 Å². The second-order valence-electron chi connectivity index (χ2n) is 7.22. The van der Waals surface area contributed by atoms with Gasteiger partial charge in [-0.05, 0) is 55.0 Å². The topological polar surface area (TPSA) is 98.4 Å². The van der Waals surface area contributed by atoms with Crippen molar-refractivity contribution >= 4 is 34.2 Å². The SMILES string of the molecule is COC(=O)c1ccc2c(=O)[nH]c(COC(=O)c3cc4c(s3)CC[C@@H](C)C4)nc2c1. The van der Waals surface area contributed by atoms with Crippen molar-refractivity contribution in [2.24, 2.45) is 5.92 Å². The molecule has 1 aliphatic carbocycles. The number of hydrogen-bond donors (Lipinski definition) is 1. The standard InChI is InChI=1S/C21H20N2O5S/c1-11-3-6-16-13(7-11)9-17(29-16)21(26)28-10-18-22-15-8-12(20(25)27-2)4-5-14(15)19(24)23-18/h4-5,8-9,11H,3,6-7,10H2,1-2H3,(H,22,23,24)/t11-/m1/s1. The van der Waals surface area contributed by atoms with E-state index in [1.54, 1.807) is 0 Å². The molecule has 0 fully saturated rings. The van der Waals surface area contributed by atoms with Crippen LogP contribution in [0.15, 0.2) is 29.1 Å². The summed E-state index contributed by atoms with van der Waals surface area (Å²) in [6.45, 7) is 2.05. The molecule has 1 N–H and O–H groups in total. The van der Waals surface area contributed by atoms with Gasteiger partial charge in [0.1, 0.15) is 17.3 Å². The molecule has 2 aromatic heterocycles. The van der Waals surface area contributed by atoms with Crippen molar-refractivity contribution in [3.05, 3.63) is 61.3 Å². The molecule has 0 saturated heterocycles. The lowest BCUT2D eigenvalue weighted by atomic mass is 9.90. The molecule has 7 nitrogen and oxygen atoms in total. The van der Waals surface area contributed by atoms with Crippen LogP contribution >= 0.6 is 11.3 Å². The van der Waals surface area contributed by atoms with Gasteiger partial charge in [-0.1, -0.05) is 6.92 Å². The largest absolute Gasteiger partial charge is 0.465 e. The zero-order valence-corrected chi connectivity index (χ0v) is 16.9. The van der Waals surface area contributed by atoms with Crippen molar-refractivity contribution in [1.82, 2.24) is 9.97 Å². The highest BCUT2D eigenvalue weighted by atomic mass is 32.1. The van der Waals surface area contributed by atoms with Gasteiger partial charge in [-0.15, -0.1) is 11.3 Å². The Morgan fingerprint density at radius 2 is 2.10 bits per heavy atom. The average Bonchev–Trinajstić information content (AvgIpc) is 3.14. The zero-order valence-electron chi connectivity index (χ0n) is 16.1. The molecule has 29 heavy (non-hydrogen) atoms. The molecular formula is C21H20N2O5S. The number of hydrogen-bond acceptors (Lipinski definition) is 7. The van der Waals surface area contributed by atoms with E-state index >= 15 is 0 Å². The molecular weight excluding hydrogens is 392 g/mol. The summed E-state index contributed by atoms with van der Waals surface area (Å²) >= 11 is 1.48. The highest BCUT2D eigenvalue weighted by molar-refractivity contribution is 7.14. The molecule has 4 rings (SSSR count). The van der Waals surface area contributed by atoms with Crippen LogP contribution < -0.4 is 5.56 Å². The van der Waals surface area contributed by atoms with E-state index < -0.39 is 11.9 Å². The number of rotatable bonds is 4. The first kappa shape index (κ1) is 19.3. The summed E-state index contributed by atoms with van der Waals surface area (Å²) in [5.74, 6) is -0.100. The minimum absolute atomic E-state index is 0.161. The highest BCUT2D eigenvalue weighted by Crippen LogP contribution is 2.32. The summed E-state index contributed by atoms with van der Waals surface area (Å²) in [6.07, 6.45) is 3.12. The number of thiophene rings is 1. The summed E-state index contributed by atoms with van der Waals surface area (Å²) in [5.41, 5.74) is 1.49. The van der Waals surface area contributed by atoms with Crippen molar-refractivity contribution in [3.63, 3.8) is 0 Å². The van der Waals surface area contributed by atoms with E-state index in [1.807, 2.05) is 6.07 Å². The van der Waals surface area contributed by atoms with Gasteiger partial charge in [0.05, 0.1) is 23.6 Å². The van der Waals surface area contributed by atoms with Crippen LogP contribution in [0.2, 0.25) is 0 Å². The summed E-state index contributed by atoms with van der Waals surface area (Å²) in [5, 5.41) is 0.341. The maximum Gasteiger partial charge on any atom is 0.348 e. The van der Waals surface area contributed by atoms with Crippen LogP contribution in [-0.2, 0) is 28.9 Å². The fraction of sp³-hybridized carbons (Fsp3) is 0.333. The lowest BCUT2D eigenvalue weighted by Gasteiger charge is -2.16. The first-order valence-electron chi connectivity index (χ1n) is 9.34. The van der Waals surface area contributed by atoms with Crippen molar-refractivity contribution in [2.75, 3.05) is 7.11 Å². The number of aryl methyl sites for hydroxylation is 1. The number of carbonyl (C=O) groups excluding carboxylic acids is 2. The van der Waals surface area contributed by atoms with Gasteiger partial charge in [-0.25, -0.2) is 14.6 Å². The van der Waals surface area contributed by atoms with Gasteiger partial charge >= 0.3 is 11.9 Å². The Balaban J connectivity index is 1.52. The number of carbonyl (C=O) groups is 2. The van der Waals surface area contributed by atoms with E-state index in [2.05, 4.69) is 16.9 Å². The van der Waals surface area contributed by atoms with Gasteiger partial charge in [0.25, 0.3) is 5.56 Å². The molecule has 1 aromatic carbocycles. The van der Waals surface area contributed by atoms with E-state index in [0.717, 1.165) is 19.3 Å². The average molecular weight is 412 g/mol.